The number of benzene rings is 10. The van der Waals surface area contributed by atoms with Gasteiger partial charge in [0.05, 0.1) is 58.1 Å². The van der Waals surface area contributed by atoms with Gasteiger partial charge in [-0.3, -0.25) is 4.79 Å². The number of aromatic nitrogens is 6. The van der Waals surface area contributed by atoms with Crippen LogP contribution in [0.15, 0.2) is 304 Å². The molecule has 0 bridgehead atoms. The van der Waals surface area contributed by atoms with E-state index < -0.39 is 20.0 Å². The molecule has 0 atom stereocenters. The van der Waals surface area contributed by atoms with Gasteiger partial charge in [0.2, 0.25) is 5.91 Å². The number of carbonyl (C=O) groups is 1. The highest BCUT2D eigenvalue weighted by molar-refractivity contribution is 14.0. The molecule has 0 radical (unpaired) electrons. The number of nitrogens with one attached hydrogen (secondary N) is 4. The molecule has 5 N–H and O–H groups in total. The third kappa shape index (κ3) is 17.7. The van der Waals surface area contributed by atoms with Crippen LogP contribution in [0.25, 0.3) is 21.8 Å². The minimum absolute atomic E-state index is 0. The molecular weight excluding hydrogens is 1570 g/mol. The monoisotopic (exact) mass is 1650 g/mol. The normalized spacial score (nSPS) is 14.6. The molecule has 0 saturated carbocycles. The molecule has 106 heavy (non-hydrogen) atoms. The van der Waals surface area contributed by atoms with Gasteiger partial charge in [0.1, 0.15) is 28.5 Å². The van der Waals surface area contributed by atoms with Crippen LogP contribution >= 0.6 is 67.1 Å². The molecule has 1 aliphatic rings. The highest BCUT2D eigenvalue weighted by Crippen LogP contribution is 3.04. The van der Waals surface area contributed by atoms with Crippen molar-refractivity contribution in [2.45, 2.75) is 63.6 Å². The molecule has 14 aromatic rings. The fourth-order valence-electron chi connectivity index (χ4n) is 13.4. The van der Waals surface area contributed by atoms with Gasteiger partial charge in [0.15, 0.2) is 0 Å². The maximum atomic E-state index is 13.5. The summed E-state index contributed by atoms with van der Waals surface area (Å²) in [6.45, 7) is 1.36. The van der Waals surface area contributed by atoms with E-state index in [9.17, 15) is 13.6 Å². The van der Waals surface area contributed by atoms with Crippen LogP contribution in [0.3, 0.4) is 0 Å². The van der Waals surface area contributed by atoms with Crippen LogP contribution in [0.4, 0.5) is 8.78 Å². The molecule has 21 heteroatoms. The number of aliphatic hydroxyl groups excluding tert-OH is 1. The van der Waals surface area contributed by atoms with Crippen LogP contribution in [0.1, 0.15) is 81.7 Å². The van der Waals surface area contributed by atoms with Gasteiger partial charge in [-0.15, -0.1) is 24.0 Å². The number of halogens is 3. The summed E-state index contributed by atoms with van der Waals surface area (Å²) in [6.07, 6.45) is 15.9. The highest BCUT2D eigenvalue weighted by atomic mass is 127. The molecule has 0 aliphatic carbocycles. The van der Waals surface area contributed by atoms with Gasteiger partial charge in [0, 0.05) is 76.7 Å². The van der Waals surface area contributed by atoms with Crippen LogP contribution in [0, 0.1) is 11.6 Å². The maximum Gasteiger partial charge on any atom is 0.224 e. The molecule has 5 heterocycles. The Hall–Kier alpha value is -8.59. The Morgan fingerprint density at radius 1 is 0.519 bits per heavy atom. The lowest BCUT2D eigenvalue weighted by Gasteiger charge is -2.40. The summed E-state index contributed by atoms with van der Waals surface area (Å²) < 4.78 is 33.3. The lowest BCUT2D eigenvalue weighted by molar-refractivity contribution is -0.120. The third-order valence-corrected chi connectivity index (χ3v) is 50.0. The van der Waals surface area contributed by atoms with E-state index in [-0.39, 0.29) is 62.0 Å². The van der Waals surface area contributed by atoms with Crippen molar-refractivity contribution >= 4 is 134 Å². The first-order valence-corrected chi connectivity index (χ1v) is 44.3. The van der Waals surface area contributed by atoms with Gasteiger partial charge >= 0.3 is 0 Å². The topological polar surface area (TPSA) is 138 Å². The Kier molecular flexibility index (Phi) is 26.9. The van der Waals surface area contributed by atoms with Gasteiger partial charge in [-0.05, 0) is 136 Å². The molecule has 0 unspecified atom stereocenters. The van der Waals surface area contributed by atoms with Crippen LogP contribution in [-0.2, 0) is 71.8 Å². The number of H-pyrrole nitrogens is 2. The number of imidazole rings is 2. The Bertz CT molecular complexity index is 4760. The van der Waals surface area contributed by atoms with E-state index in [1.807, 2.05) is 95.5 Å². The molecule has 1 fully saturated rings. The number of thiocarbonyl (C=S) groups is 1. The summed E-state index contributed by atoms with van der Waals surface area (Å²) in [4.78, 5) is 29.2. The van der Waals surface area contributed by atoms with E-state index in [2.05, 4.69) is 218 Å². The van der Waals surface area contributed by atoms with Crippen molar-refractivity contribution in [3.63, 3.8) is 0 Å². The number of methoxy groups -OCH3 is 1. The quantitative estimate of drug-likeness (QED) is 0.0130. The molecule has 10 aromatic carbocycles. The van der Waals surface area contributed by atoms with E-state index >= 15 is 0 Å². The predicted molar refractivity (Wildman–Crippen MR) is 458 cm³/mol. The van der Waals surface area contributed by atoms with Crippen molar-refractivity contribution < 1.29 is 23.4 Å². The van der Waals surface area contributed by atoms with Gasteiger partial charge in [0.25, 0.3) is 0 Å². The largest absolute Gasteiger partial charge is 0.497 e. The maximum absolute atomic E-state index is 13.5. The molecule has 1 aliphatic heterocycles. The standard InChI is InChI=1S/C35H31FN4O.C35H31FN4S.C14H14O2P2S4.CH4.HI/c2*36-30-18-19-32-26(23-38-33(32)22-30)21-34(41)37-20-10-17-31-24-40(25-39-31)35(27-11-4-1-5-12-27,28-13-6-2-7-14-28)29-15-8-3-9-16-29;1-16-12-4-8-14(9-5-12)18(20)21-17(19,22-18)13-6-2-11(10-15)3-7-13;;/h2*1-9,11-16,18-19,22-25,38H,10,17,20-21H2,(H,37,41);2-9,15H,10H2,1H3;1H4;1H. The number of hydrogen-bond donors (Lipinski definition) is 5. The van der Waals surface area contributed by atoms with Crippen LogP contribution in [0.2, 0.25) is 0 Å². The molecule has 1 amide bonds. The Labute approximate surface area is 658 Å². The second-order valence-electron chi connectivity index (χ2n) is 25.1. The van der Waals surface area contributed by atoms with Crippen molar-refractivity contribution in [3.8, 4) is 5.75 Å². The number of carbonyl (C=O) groups excluding carboxylic acids is 1. The summed E-state index contributed by atoms with van der Waals surface area (Å²) in [5.74, 6) is 0.242. The number of fused-ring (bicyclic) bond motifs is 2. The lowest BCUT2D eigenvalue weighted by Crippen LogP contribution is -2.36. The number of nitrogens with zero attached hydrogens (tertiary/aromatic N) is 4. The fourth-order valence-corrected chi connectivity index (χ4v) is 56.0. The van der Waals surface area contributed by atoms with Crippen LogP contribution in [-0.4, -0.2) is 65.3 Å². The Morgan fingerprint density at radius 2 is 0.877 bits per heavy atom. The van der Waals surface area contributed by atoms with Gasteiger partial charge in [-0.2, -0.15) is 0 Å². The minimum Gasteiger partial charge on any atom is -0.497 e. The molecule has 11 nitrogen and oxygen atoms in total. The molecule has 4 aromatic heterocycles. The van der Waals surface area contributed by atoms with Gasteiger partial charge in [-0.25, -0.2) is 18.7 Å². The number of ether oxygens (including phenoxy) is 1. The number of aromatic amines is 2. The summed E-state index contributed by atoms with van der Waals surface area (Å²) in [6, 6.07) is 88.8. The fraction of sp³-hybridized carbons (Fsp3) is 0.153. The SMILES string of the molecule is C.COc1ccc(P2(=S)SP(=S)(c3ccc(CO)cc3)S2)cc1.Fc1ccc2c(CC(=S)NCCCc3cn(C(c4ccccc4)(c4ccccc4)c4ccccc4)cn3)c[nH]c2c1.I.O=C(Cc1c[nH]c2cc(F)ccc12)NCCCc1cn(C(c2ccccc2)(c2ccccc2)c2ccccc2)cn1. The second-order valence-corrected chi connectivity index (χ2v) is 46.9. The molecular formula is C85H81F2IN8O3P2S5. The third-order valence-electron chi connectivity index (χ3n) is 18.5. The average molecular weight is 1650 g/mol. The lowest BCUT2D eigenvalue weighted by atomic mass is 9.77. The van der Waals surface area contributed by atoms with E-state index in [1.165, 1.54) is 51.6 Å². The number of hydrogen-bond acceptors (Lipinski definition) is 10. The van der Waals surface area contributed by atoms with Gasteiger partial charge in [-0.1, -0.05) is 272 Å². The number of amides is 1. The summed E-state index contributed by atoms with van der Waals surface area (Å²) in [7, 11) is 1.66. The minimum atomic E-state index is -1.68. The smallest absolute Gasteiger partial charge is 0.224 e. The molecule has 1 saturated heterocycles. The van der Waals surface area contributed by atoms with Gasteiger partial charge < -0.3 is 39.6 Å². The predicted octanol–water partition coefficient (Wildman–Crippen LogP) is 19.6. The van der Waals surface area contributed by atoms with Crippen molar-refractivity contribution in [2.75, 3.05) is 20.2 Å². The first-order chi connectivity index (χ1) is 50.8. The highest BCUT2D eigenvalue weighted by Gasteiger charge is 2.46. The molecule has 0 spiro atoms. The second kappa shape index (κ2) is 36.3. The van der Waals surface area contributed by atoms with Crippen molar-refractivity contribution in [1.29, 1.82) is 0 Å². The average Bonchev–Trinajstić information content (AvgIpc) is 1.77. The van der Waals surface area contributed by atoms with E-state index in [4.69, 9.17) is 55.6 Å². The number of rotatable bonds is 24. The summed E-state index contributed by atoms with van der Waals surface area (Å²) in [5, 5.41) is 19.8. The zero-order valence-corrected chi connectivity index (χ0v) is 65.6. The molecule has 15 rings (SSSR count). The van der Waals surface area contributed by atoms with E-state index in [0.29, 0.717) is 18.5 Å². The molecule has 540 valence electrons. The van der Waals surface area contributed by atoms with Crippen molar-refractivity contribution in [3.05, 3.63) is 377 Å². The van der Waals surface area contributed by atoms with Crippen LogP contribution < -0.4 is 26.0 Å². The first kappa shape index (κ1) is 78.5. The zero-order chi connectivity index (χ0) is 71.9. The Morgan fingerprint density at radius 3 is 1.25 bits per heavy atom. The number of aryl methyl sites for hydroxylation is 2. The van der Waals surface area contributed by atoms with Crippen molar-refractivity contribution in [2.24, 2.45) is 0 Å². The number of aliphatic hydroxyl groups is 1. The van der Waals surface area contributed by atoms with E-state index in [0.717, 1.165) is 104 Å². The first-order valence-electron chi connectivity index (χ1n) is 34.2. The zero-order valence-electron chi connectivity index (χ0n) is 57.4. The Balaban J connectivity index is 0.000000164. The van der Waals surface area contributed by atoms with Crippen LogP contribution in [0.5, 0.6) is 5.75 Å². The summed E-state index contributed by atoms with van der Waals surface area (Å²) in [5.41, 5.74) is 12.1. The van der Waals surface area contributed by atoms with Crippen molar-refractivity contribution in [1.82, 2.24) is 39.7 Å². The summed E-state index contributed by atoms with van der Waals surface area (Å²) >= 11 is 21.0. The van der Waals surface area contributed by atoms with E-state index in [1.54, 1.807) is 25.4 Å².